The molecule has 1 aliphatic heterocycles. The van der Waals surface area contributed by atoms with E-state index in [1.54, 1.807) is 11.9 Å². The lowest BCUT2D eigenvalue weighted by molar-refractivity contribution is -0.125. The van der Waals surface area contributed by atoms with Crippen LogP contribution >= 0.6 is 0 Å². The zero-order valence-electron chi connectivity index (χ0n) is 12.5. The van der Waals surface area contributed by atoms with Crippen molar-refractivity contribution < 1.29 is 4.79 Å². The van der Waals surface area contributed by atoms with Crippen LogP contribution in [0.15, 0.2) is 36.9 Å². The van der Waals surface area contributed by atoms with Crippen LogP contribution in [0.5, 0.6) is 0 Å². The predicted octanol–water partition coefficient (Wildman–Crippen LogP) is 3.07. The molecule has 1 aromatic carbocycles. The van der Waals surface area contributed by atoms with Crippen molar-refractivity contribution in [1.29, 1.82) is 0 Å². The molecule has 1 unspecified atom stereocenters. The van der Waals surface area contributed by atoms with Crippen LogP contribution in [0.1, 0.15) is 25.3 Å². The monoisotopic (exact) mass is 272 g/mol. The number of anilines is 1. The van der Waals surface area contributed by atoms with E-state index in [0.29, 0.717) is 6.54 Å². The van der Waals surface area contributed by atoms with Gasteiger partial charge in [0.1, 0.15) is 0 Å². The summed E-state index contributed by atoms with van der Waals surface area (Å²) < 4.78 is 0. The summed E-state index contributed by atoms with van der Waals surface area (Å²) in [4.78, 5) is 15.6. The van der Waals surface area contributed by atoms with E-state index < -0.39 is 0 Å². The maximum atomic E-state index is 11.5. The van der Waals surface area contributed by atoms with Crippen LogP contribution in [0.2, 0.25) is 0 Å². The van der Waals surface area contributed by atoms with E-state index >= 15 is 0 Å². The van der Waals surface area contributed by atoms with E-state index in [0.717, 1.165) is 24.6 Å². The average molecular weight is 272 g/mol. The zero-order valence-corrected chi connectivity index (χ0v) is 12.5. The van der Waals surface area contributed by atoms with Gasteiger partial charge in [-0.05, 0) is 42.5 Å². The summed E-state index contributed by atoms with van der Waals surface area (Å²) in [5.74, 6) is 0.735. The van der Waals surface area contributed by atoms with Crippen molar-refractivity contribution >= 4 is 11.6 Å². The van der Waals surface area contributed by atoms with Gasteiger partial charge in [-0.15, -0.1) is 0 Å². The minimum Gasteiger partial charge on any atom is -0.371 e. The van der Waals surface area contributed by atoms with Gasteiger partial charge in [-0.25, -0.2) is 0 Å². The number of carbonyl (C=O) groups excluding carboxylic acids is 1. The summed E-state index contributed by atoms with van der Waals surface area (Å²) >= 11 is 0. The molecule has 1 saturated heterocycles. The molecule has 0 spiro atoms. The molecule has 2 rings (SSSR count). The van der Waals surface area contributed by atoms with Crippen LogP contribution in [-0.2, 0) is 11.3 Å². The number of piperidine rings is 1. The van der Waals surface area contributed by atoms with Gasteiger partial charge < -0.3 is 9.80 Å². The van der Waals surface area contributed by atoms with Crippen LogP contribution in [0.4, 0.5) is 5.69 Å². The molecule has 0 saturated carbocycles. The second-order valence-electron chi connectivity index (χ2n) is 5.76. The lowest BCUT2D eigenvalue weighted by Crippen LogP contribution is -2.34. The fourth-order valence-electron chi connectivity index (χ4n) is 2.74. The smallest absolute Gasteiger partial charge is 0.245 e. The maximum Gasteiger partial charge on any atom is 0.245 e. The molecule has 108 valence electrons. The normalized spacial score (nSPS) is 18.7. The van der Waals surface area contributed by atoms with Gasteiger partial charge in [-0.1, -0.05) is 25.6 Å². The average Bonchev–Trinajstić information content (AvgIpc) is 2.47. The van der Waals surface area contributed by atoms with Gasteiger partial charge >= 0.3 is 0 Å². The SMILES string of the molecule is C=CC(=O)N(C)Cc1ccc(N2CCCC(C)C2)cc1. The molecule has 1 aromatic rings. The number of hydrogen-bond acceptors (Lipinski definition) is 2. The van der Waals surface area contributed by atoms with E-state index in [1.807, 2.05) is 0 Å². The van der Waals surface area contributed by atoms with Crippen LogP contribution in [0.3, 0.4) is 0 Å². The second-order valence-corrected chi connectivity index (χ2v) is 5.76. The molecule has 1 atom stereocenters. The molecule has 0 aromatic heterocycles. The molecule has 3 nitrogen and oxygen atoms in total. The number of nitrogens with zero attached hydrogens (tertiary/aromatic N) is 2. The molecule has 0 bridgehead atoms. The van der Waals surface area contributed by atoms with Crippen molar-refractivity contribution in [2.24, 2.45) is 5.92 Å². The number of amides is 1. The van der Waals surface area contributed by atoms with Crippen LogP contribution < -0.4 is 4.90 Å². The molecule has 0 N–H and O–H groups in total. The summed E-state index contributed by atoms with van der Waals surface area (Å²) in [6, 6.07) is 8.56. The molecule has 1 heterocycles. The third-order valence-electron chi connectivity index (χ3n) is 3.93. The van der Waals surface area contributed by atoms with Crippen molar-refractivity contribution in [1.82, 2.24) is 4.90 Å². The minimum absolute atomic E-state index is 0.0427. The lowest BCUT2D eigenvalue weighted by atomic mass is 9.99. The maximum absolute atomic E-state index is 11.5. The van der Waals surface area contributed by atoms with Gasteiger partial charge in [0.15, 0.2) is 0 Å². The Morgan fingerprint density at radius 2 is 2.15 bits per heavy atom. The van der Waals surface area contributed by atoms with Gasteiger partial charge in [0, 0.05) is 32.4 Å². The molecule has 3 heteroatoms. The molecule has 1 amide bonds. The van der Waals surface area contributed by atoms with Gasteiger partial charge in [0.25, 0.3) is 0 Å². The first-order valence-electron chi connectivity index (χ1n) is 7.31. The summed E-state index contributed by atoms with van der Waals surface area (Å²) in [6.07, 6.45) is 3.96. The quantitative estimate of drug-likeness (QED) is 0.786. The molecule has 1 aliphatic rings. The first-order valence-corrected chi connectivity index (χ1v) is 7.31. The molecule has 0 radical (unpaired) electrons. The Morgan fingerprint density at radius 3 is 2.75 bits per heavy atom. The second kappa shape index (κ2) is 6.60. The lowest BCUT2D eigenvalue weighted by Gasteiger charge is -2.33. The van der Waals surface area contributed by atoms with Crippen LogP contribution in [0.25, 0.3) is 0 Å². The predicted molar refractivity (Wildman–Crippen MR) is 83.7 cm³/mol. The Hall–Kier alpha value is -1.77. The fraction of sp³-hybridized carbons (Fsp3) is 0.471. The third-order valence-corrected chi connectivity index (χ3v) is 3.93. The first-order chi connectivity index (χ1) is 9.60. The standard InChI is InChI=1S/C17H24N2O/c1-4-17(20)18(3)13-15-7-9-16(10-8-15)19-11-5-6-14(2)12-19/h4,7-10,14H,1,5-6,11-13H2,2-3H3. The Balaban J connectivity index is 1.99. The highest BCUT2D eigenvalue weighted by Crippen LogP contribution is 2.23. The zero-order chi connectivity index (χ0) is 14.5. The van der Waals surface area contributed by atoms with Crippen molar-refractivity contribution in [2.75, 3.05) is 25.0 Å². The summed E-state index contributed by atoms with van der Waals surface area (Å²) in [5, 5.41) is 0. The highest BCUT2D eigenvalue weighted by atomic mass is 16.2. The molecule has 1 fully saturated rings. The topological polar surface area (TPSA) is 23.6 Å². The first kappa shape index (κ1) is 14.6. The number of likely N-dealkylation sites (N-methyl/N-ethyl adjacent to an activating group) is 1. The Kier molecular flexibility index (Phi) is 4.83. The van der Waals surface area contributed by atoms with E-state index in [-0.39, 0.29) is 5.91 Å². The highest BCUT2D eigenvalue weighted by Gasteiger charge is 2.16. The largest absolute Gasteiger partial charge is 0.371 e. The van der Waals surface area contributed by atoms with Gasteiger partial charge in [-0.3, -0.25) is 4.79 Å². The van der Waals surface area contributed by atoms with Crippen molar-refractivity contribution in [2.45, 2.75) is 26.3 Å². The third kappa shape index (κ3) is 3.62. The van der Waals surface area contributed by atoms with Crippen LogP contribution in [-0.4, -0.2) is 30.9 Å². The fourth-order valence-corrected chi connectivity index (χ4v) is 2.74. The molecular formula is C17H24N2O. The Bertz CT molecular complexity index is 466. The van der Waals surface area contributed by atoms with E-state index in [4.69, 9.17) is 0 Å². The summed E-state index contributed by atoms with van der Waals surface area (Å²) in [7, 11) is 1.80. The van der Waals surface area contributed by atoms with Crippen LogP contribution in [0, 0.1) is 5.92 Å². The van der Waals surface area contributed by atoms with Crippen molar-refractivity contribution in [3.63, 3.8) is 0 Å². The number of benzene rings is 1. The number of hydrogen-bond donors (Lipinski definition) is 0. The van der Waals surface area contributed by atoms with Crippen molar-refractivity contribution in [3.05, 3.63) is 42.5 Å². The minimum atomic E-state index is -0.0427. The van der Waals surface area contributed by atoms with E-state index in [9.17, 15) is 4.79 Å². The molecular weight excluding hydrogens is 248 g/mol. The summed E-state index contributed by atoms with van der Waals surface area (Å²) in [5.41, 5.74) is 2.44. The number of rotatable bonds is 4. The number of carbonyl (C=O) groups is 1. The Morgan fingerprint density at radius 1 is 1.45 bits per heavy atom. The summed E-state index contributed by atoms with van der Waals surface area (Å²) in [6.45, 7) is 8.75. The van der Waals surface area contributed by atoms with Crippen molar-refractivity contribution in [3.8, 4) is 0 Å². The Labute approximate surface area is 121 Å². The van der Waals surface area contributed by atoms with E-state index in [2.05, 4.69) is 42.7 Å². The molecule has 0 aliphatic carbocycles. The van der Waals surface area contributed by atoms with Gasteiger partial charge in [0.2, 0.25) is 5.91 Å². The van der Waals surface area contributed by atoms with Gasteiger partial charge in [-0.2, -0.15) is 0 Å². The van der Waals surface area contributed by atoms with Gasteiger partial charge in [0.05, 0.1) is 0 Å². The highest BCUT2D eigenvalue weighted by molar-refractivity contribution is 5.86. The molecule has 20 heavy (non-hydrogen) atoms. The van der Waals surface area contributed by atoms with E-state index in [1.165, 1.54) is 24.6 Å².